The molecule has 0 aliphatic carbocycles. The average molecular weight is 311 g/mol. The van der Waals surface area contributed by atoms with E-state index in [-0.39, 0.29) is 12.1 Å². The molecule has 1 amide bonds. The van der Waals surface area contributed by atoms with E-state index in [1.807, 2.05) is 30.3 Å². The second-order valence-electron chi connectivity index (χ2n) is 5.79. The number of carbonyl (C=O) groups excluding carboxylic acids is 1. The van der Waals surface area contributed by atoms with E-state index >= 15 is 0 Å². The van der Waals surface area contributed by atoms with Crippen molar-refractivity contribution < 1.29 is 14.3 Å². The monoisotopic (exact) mass is 311 g/mol. The minimum atomic E-state index is -0.270. The topological polar surface area (TPSA) is 38.8 Å². The molecule has 2 aromatic rings. The number of hydrogen-bond donors (Lipinski definition) is 0. The van der Waals surface area contributed by atoms with Crippen LogP contribution in [-0.2, 0) is 0 Å². The highest BCUT2D eigenvalue weighted by Crippen LogP contribution is 2.24. The maximum absolute atomic E-state index is 12.2. The third-order valence-electron chi connectivity index (χ3n) is 4.05. The third kappa shape index (κ3) is 4.03. The van der Waals surface area contributed by atoms with Crippen LogP contribution in [0.5, 0.6) is 17.2 Å². The van der Waals surface area contributed by atoms with Crippen molar-refractivity contribution in [3.63, 3.8) is 0 Å². The van der Waals surface area contributed by atoms with E-state index in [0.29, 0.717) is 11.5 Å². The fourth-order valence-corrected chi connectivity index (χ4v) is 2.73. The van der Waals surface area contributed by atoms with Crippen LogP contribution in [-0.4, -0.2) is 23.6 Å². The predicted octanol–water partition coefficient (Wildman–Crippen LogP) is 4.85. The zero-order valence-corrected chi connectivity index (χ0v) is 13.3. The van der Waals surface area contributed by atoms with Crippen molar-refractivity contribution in [2.75, 3.05) is 6.54 Å². The van der Waals surface area contributed by atoms with Gasteiger partial charge in [-0.05, 0) is 62.6 Å². The van der Waals surface area contributed by atoms with Gasteiger partial charge in [0.05, 0.1) is 0 Å². The summed E-state index contributed by atoms with van der Waals surface area (Å²) in [6, 6.07) is 16.9. The molecule has 0 bridgehead atoms. The molecular formula is C19H21NO3. The Bertz CT molecular complexity index is 639. The molecule has 1 aliphatic heterocycles. The SMILES string of the molecule is CC1CCCCN1C(=O)Oc1ccc(Oc2ccccc2)cc1. The summed E-state index contributed by atoms with van der Waals surface area (Å²) in [6.07, 6.45) is 2.99. The number of amides is 1. The van der Waals surface area contributed by atoms with Crippen molar-refractivity contribution >= 4 is 6.09 Å². The number of hydrogen-bond acceptors (Lipinski definition) is 3. The van der Waals surface area contributed by atoms with Crippen LogP contribution in [0.25, 0.3) is 0 Å². The molecule has 0 saturated carbocycles. The lowest BCUT2D eigenvalue weighted by atomic mass is 10.0. The van der Waals surface area contributed by atoms with Gasteiger partial charge in [0.25, 0.3) is 0 Å². The van der Waals surface area contributed by atoms with Gasteiger partial charge >= 0.3 is 6.09 Å². The van der Waals surface area contributed by atoms with Gasteiger partial charge in [-0.1, -0.05) is 18.2 Å². The van der Waals surface area contributed by atoms with Crippen LogP contribution in [0.3, 0.4) is 0 Å². The second-order valence-corrected chi connectivity index (χ2v) is 5.79. The number of carbonyl (C=O) groups is 1. The van der Waals surface area contributed by atoms with E-state index in [0.717, 1.165) is 25.1 Å². The molecule has 1 aliphatic rings. The highest BCUT2D eigenvalue weighted by molar-refractivity contribution is 5.71. The standard InChI is InChI=1S/C19H21NO3/c1-15-7-5-6-14-20(15)19(21)23-18-12-10-17(11-13-18)22-16-8-3-2-4-9-16/h2-4,8-13,15H,5-7,14H2,1H3. The van der Waals surface area contributed by atoms with Crippen molar-refractivity contribution in [2.45, 2.75) is 32.2 Å². The lowest BCUT2D eigenvalue weighted by molar-refractivity contribution is 0.118. The molecule has 0 aromatic heterocycles. The zero-order valence-electron chi connectivity index (χ0n) is 13.3. The lowest BCUT2D eigenvalue weighted by Gasteiger charge is -2.32. The summed E-state index contributed by atoms with van der Waals surface area (Å²) >= 11 is 0. The Labute approximate surface area is 136 Å². The molecule has 120 valence electrons. The normalized spacial score (nSPS) is 17.6. The number of rotatable bonds is 3. The Morgan fingerprint density at radius 2 is 1.61 bits per heavy atom. The van der Waals surface area contributed by atoms with Crippen LogP contribution in [0.4, 0.5) is 4.79 Å². The summed E-state index contributed by atoms with van der Waals surface area (Å²) in [6.45, 7) is 2.84. The Hall–Kier alpha value is -2.49. The summed E-state index contributed by atoms with van der Waals surface area (Å²) < 4.78 is 11.2. The highest BCUT2D eigenvalue weighted by Gasteiger charge is 2.24. The zero-order chi connectivity index (χ0) is 16.1. The van der Waals surface area contributed by atoms with Gasteiger partial charge in [0.15, 0.2) is 0 Å². The summed E-state index contributed by atoms with van der Waals surface area (Å²) in [5.41, 5.74) is 0. The van der Waals surface area contributed by atoms with Gasteiger partial charge in [-0.3, -0.25) is 0 Å². The number of nitrogens with zero attached hydrogens (tertiary/aromatic N) is 1. The molecule has 0 spiro atoms. The molecule has 1 heterocycles. The molecular weight excluding hydrogens is 290 g/mol. The average Bonchev–Trinajstić information content (AvgIpc) is 2.58. The molecule has 4 heteroatoms. The quantitative estimate of drug-likeness (QED) is 0.813. The van der Waals surface area contributed by atoms with Crippen molar-refractivity contribution in [2.24, 2.45) is 0 Å². The van der Waals surface area contributed by atoms with Gasteiger partial charge in [-0.15, -0.1) is 0 Å². The fourth-order valence-electron chi connectivity index (χ4n) is 2.73. The maximum Gasteiger partial charge on any atom is 0.415 e. The first-order valence-electron chi connectivity index (χ1n) is 8.04. The molecule has 2 aromatic carbocycles. The van der Waals surface area contributed by atoms with Crippen molar-refractivity contribution in [3.05, 3.63) is 54.6 Å². The number of benzene rings is 2. The summed E-state index contributed by atoms with van der Waals surface area (Å²) in [4.78, 5) is 14.0. The molecule has 1 unspecified atom stereocenters. The molecule has 4 nitrogen and oxygen atoms in total. The van der Waals surface area contributed by atoms with Crippen molar-refractivity contribution in [3.8, 4) is 17.2 Å². The third-order valence-corrected chi connectivity index (χ3v) is 4.05. The van der Waals surface area contributed by atoms with E-state index in [1.54, 1.807) is 29.2 Å². The Kier molecular flexibility index (Phi) is 4.81. The first-order valence-corrected chi connectivity index (χ1v) is 8.04. The number of para-hydroxylation sites is 1. The van der Waals surface area contributed by atoms with Gasteiger partial charge < -0.3 is 14.4 Å². The molecule has 0 radical (unpaired) electrons. The second kappa shape index (κ2) is 7.18. The van der Waals surface area contributed by atoms with E-state index in [9.17, 15) is 4.79 Å². The Morgan fingerprint density at radius 1 is 0.957 bits per heavy atom. The van der Waals surface area contributed by atoms with E-state index in [4.69, 9.17) is 9.47 Å². The highest BCUT2D eigenvalue weighted by atomic mass is 16.6. The number of ether oxygens (including phenoxy) is 2. The molecule has 1 fully saturated rings. The van der Waals surface area contributed by atoms with Crippen LogP contribution in [0.1, 0.15) is 26.2 Å². The maximum atomic E-state index is 12.2. The van der Waals surface area contributed by atoms with Gasteiger partial charge in [0.1, 0.15) is 17.2 Å². The van der Waals surface area contributed by atoms with Crippen molar-refractivity contribution in [1.82, 2.24) is 4.90 Å². The van der Waals surface area contributed by atoms with Crippen LogP contribution < -0.4 is 9.47 Å². The summed E-state index contributed by atoms with van der Waals surface area (Å²) in [5.74, 6) is 2.02. The summed E-state index contributed by atoms with van der Waals surface area (Å²) in [5, 5.41) is 0. The minimum Gasteiger partial charge on any atom is -0.457 e. The Morgan fingerprint density at radius 3 is 2.30 bits per heavy atom. The van der Waals surface area contributed by atoms with Gasteiger partial charge in [-0.25, -0.2) is 4.79 Å². The number of piperidine rings is 1. The van der Waals surface area contributed by atoms with E-state index in [2.05, 4.69) is 6.92 Å². The van der Waals surface area contributed by atoms with Crippen LogP contribution in [0.2, 0.25) is 0 Å². The van der Waals surface area contributed by atoms with Crippen LogP contribution >= 0.6 is 0 Å². The lowest BCUT2D eigenvalue weighted by Crippen LogP contribution is -2.43. The Balaban J connectivity index is 1.60. The first kappa shape index (κ1) is 15.4. The van der Waals surface area contributed by atoms with E-state index in [1.165, 1.54) is 6.42 Å². The fraction of sp³-hybridized carbons (Fsp3) is 0.316. The molecule has 1 saturated heterocycles. The van der Waals surface area contributed by atoms with Crippen molar-refractivity contribution in [1.29, 1.82) is 0 Å². The summed E-state index contributed by atoms with van der Waals surface area (Å²) in [7, 11) is 0. The molecule has 0 N–H and O–H groups in total. The van der Waals surface area contributed by atoms with Gasteiger partial charge in [-0.2, -0.15) is 0 Å². The number of likely N-dealkylation sites (tertiary alicyclic amines) is 1. The van der Waals surface area contributed by atoms with Gasteiger partial charge in [0.2, 0.25) is 0 Å². The largest absolute Gasteiger partial charge is 0.457 e. The smallest absolute Gasteiger partial charge is 0.415 e. The minimum absolute atomic E-state index is 0.247. The predicted molar refractivity (Wildman–Crippen MR) is 89.0 cm³/mol. The van der Waals surface area contributed by atoms with Crippen LogP contribution in [0.15, 0.2) is 54.6 Å². The van der Waals surface area contributed by atoms with Gasteiger partial charge in [0, 0.05) is 12.6 Å². The van der Waals surface area contributed by atoms with E-state index < -0.39 is 0 Å². The molecule has 1 atom stereocenters. The van der Waals surface area contributed by atoms with Crippen LogP contribution in [0, 0.1) is 0 Å². The first-order chi connectivity index (χ1) is 11.2. The molecule has 3 rings (SSSR count). The molecule has 23 heavy (non-hydrogen) atoms.